The fourth-order valence-corrected chi connectivity index (χ4v) is 5.32. The number of pyridine rings is 1. The molecule has 0 radical (unpaired) electrons. The summed E-state index contributed by atoms with van der Waals surface area (Å²) in [6.45, 7) is 6.76. The quantitative estimate of drug-likeness (QED) is 0.470. The van der Waals surface area contributed by atoms with E-state index in [1.165, 1.54) is 0 Å². The molecule has 33 heavy (non-hydrogen) atoms. The van der Waals surface area contributed by atoms with E-state index in [0.29, 0.717) is 0 Å². The molecule has 2 fully saturated rings. The number of nitrogens with two attached hydrogens (primary N) is 1. The second kappa shape index (κ2) is 8.83. The van der Waals surface area contributed by atoms with Gasteiger partial charge in [-0.05, 0) is 44.4 Å². The van der Waals surface area contributed by atoms with Gasteiger partial charge in [0.25, 0.3) is 0 Å². The molecule has 0 amide bonds. The number of ether oxygens (including phenoxy) is 1. The summed E-state index contributed by atoms with van der Waals surface area (Å²) in [6, 6.07) is 4.30. The first-order valence-electron chi connectivity index (χ1n) is 10.9. The van der Waals surface area contributed by atoms with Crippen molar-refractivity contribution in [3.05, 3.63) is 48.8 Å². The summed E-state index contributed by atoms with van der Waals surface area (Å²) in [7, 11) is 0. The lowest BCUT2D eigenvalue weighted by Gasteiger charge is -2.41. The van der Waals surface area contributed by atoms with Crippen molar-refractivity contribution in [2.24, 2.45) is 11.1 Å². The molecule has 2 aliphatic heterocycles. The van der Waals surface area contributed by atoms with E-state index in [-0.39, 0.29) is 44.6 Å². The molecular formula is C23H31N7OS2. The topological polar surface area (TPSA) is 86.0 Å². The molecule has 0 unspecified atom stereocenters. The summed E-state index contributed by atoms with van der Waals surface area (Å²) < 4.78 is 10.0. The summed E-state index contributed by atoms with van der Waals surface area (Å²) in [5.74, 6) is 0.950. The Morgan fingerprint density at radius 3 is 2.58 bits per heavy atom. The number of anilines is 1. The number of hydrogen-bond acceptors (Lipinski definition) is 6. The lowest BCUT2D eigenvalue weighted by atomic mass is 9.73. The maximum Gasteiger partial charge on any atom is 0.211 e. The molecular weight excluding hydrogens is 454 g/mol. The molecule has 176 valence electrons. The van der Waals surface area contributed by atoms with Gasteiger partial charge in [0.2, 0.25) is 5.95 Å². The van der Waals surface area contributed by atoms with Crippen LogP contribution in [-0.4, -0.2) is 55.6 Å². The Labute approximate surface area is 207 Å². The van der Waals surface area contributed by atoms with Gasteiger partial charge in [0.15, 0.2) is 0 Å². The molecule has 2 N–H and O–H groups in total. The molecule has 2 aliphatic rings. The van der Waals surface area contributed by atoms with Crippen LogP contribution >= 0.6 is 27.0 Å². The fraction of sp³-hybridized carbons (Fsp3) is 0.435. The summed E-state index contributed by atoms with van der Waals surface area (Å²) in [4.78, 5) is 16.5. The molecule has 0 bridgehead atoms. The number of imidazole rings is 2. The normalized spacial score (nSPS) is 22.0. The average molecular weight is 486 g/mol. The molecule has 10 heteroatoms. The Kier molecular flexibility index (Phi) is 6.38. The highest BCUT2D eigenvalue weighted by Crippen LogP contribution is 2.42. The van der Waals surface area contributed by atoms with Crippen LogP contribution in [0.1, 0.15) is 25.5 Å². The van der Waals surface area contributed by atoms with Gasteiger partial charge in [0.1, 0.15) is 11.3 Å². The molecule has 4 aromatic heterocycles. The van der Waals surface area contributed by atoms with E-state index in [4.69, 9.17) is 20.4 Å². The van der Waals surface area contributed by atoms with E-state index in [9.17, 15) is 0 Å². The minimum absolute atomic E-state index is 0. The first-order chi connectivity index (χ1) is 15.1. The molecule has 2 saturated heterocycles. The molecule has 1 spiro atoms. The Morgan fingerprint density at radius 2 is 1.85 bits per heavy atom. The van der Waals surface area contributed by atoms with Gasteiger partial charge < -0.3 is 19.8 Å². The third-order valence-electron chi connectivity index (χ3n) is 7.28. The molecule has 6 heterocycles. The molecule has 0 aromatic carbocycles. The number of aromatic nitrogens is 5. The maximum absolute atomic E-state index is 6.50. The molecule has 6 rings (SSSR count). The highest BCUT2D eigenvalue weighted by Gasteiger charge is 2.47. The lowest BCUT2D eigenvalue weighted by molar-refractivity contribution is 0.0973. The first-order valence-corrected chi connectivity index (χ1v) is 10.9. The van der Waals surface area contributed by atoms with Crippen LogP contribution in [0.3, 0.4) is 0 Å². The highest BCUT2D eigenvalue weighted by atomic mass is 32.1. The van der Waals surface area contributed by atoms with E-state index >= 15 is 0 Å². The second-order valence-electron chi connectivity index (χ2n) is 8.99. The van der Waals surface area contributed by atoms with Crippen LogP contribution in [0.4, 0.5) is 5.95 Å². The van der Waals surface area contributed by atoms with Crippen molar-refractivity contribution < 1.29 is 4.74 Å². The number of hydrogen-bond donors (Lipinski definition) is 1. The predicted octanol–water partition coefficient (Wildman–Crippen LogP) is 2.91. The van der Waals surface area contributed by atoms with Gasteiger partial charge in [0, 0.05) is 61.1 Å². The number of nitrogens with zero attached hydrogens (tertiary/aromatic N) is 6. The van der Waals surface area contributed by atoms with Gasteiger partial charge in [-0.3, -0.25) is 4.40 Å². The van der Waals surface area contributed by atoms with E-state index in [1.807, 2.05) is 35.4 Å². The third kappa shape index (κ3) is 3.69. The van der Waals surface area contributed by atoms with Crippen LogP contribution < -0.4 is 10.6 Å². The second-order valence-corrected chi connectivity index (χ2v) is 8.99. The van der Waals surface area contributed by atoms with Gasteiger partial charge in [-0.15, -0.1) is 0 Å². The van der Waals surface area contributed by atoms with Gasteiger partial charge in [-0.1, -0.05) is 0 Å². The van der Waals surface area contributed by atoms with Crippen molar-refractivity contribution in [1.82, 2.24) is 23.8 Å². The van der Waals surface area contributed by atoms with Gasteiger partial charge in [-0.2, -0.15) is 27.0 Å². The van der Waals surface area contributed by atoms with Crippen LogP contribution in [0.2, 0.25) is 0 Å². The van der Waals surface area contributed by atoms with Crippen molar-refractivity contribution in [3.63, 3.8) is 0 Å². The van der Waals surface area contributed by atoms with Gasteiger partial charge in [0.05, 0.1) is 18.4 Å². The Balaban J connectivity index is 0.00000130. The summed E-state index contributed by atoms with van der Waals surface area (Å²) in [6.07, 6.45) is 11.8. The molecule has 2 atom stereocenters. The standard InChI is InChI=1S/C23H27N7O.2H2S/c1-15-19(17-3-8-28-11-6-25-18(28)13-17)21-26-7-12-30(21)22(27-15)29-9-4-23(5-10-29)14-31-16(2)20(23)24;;/h3,6-8,11-13,16,20H,4-5,9-10,14,24H2,1-2H3;2*1H2/t16-,20+;;/m0../s1. The van der Waals surface area contributed by atoms with Crippen LogP contribution in [0.5, 0.6) is 0 Å². The van der Waals surface area contributed by atoms with E-state index in [1.54, 1.807) is 0 Å². The van der Waals surface area contributed by atoms with Crippen LogP contribution in [-0.2, 0) is 4.74 Å². The minimum atomic E-state index is 0. The molecule has 0 aliphatic carbocycles. The van der Waals surface area contributed by atoms with Crippen LogP contribution in [0, 0.1) is 12.3 Å². The monoisotopic (exact) mass is 485 g/mol. The first kappa shape index (κ1) is 23.9. The van der Waals surface area contributed by atoms with Gasteiger partial charge in [-0.25, -0.2) is 15.0 Å². The maximum atomic E-state index is 6.50. The zero-order chi connectivity index (χ0) is 21.2. The highest BCUT2D eigenvalue weighted by molar-refractivity contribution is 7.59. The van der Waals surface area contributed by atoms with E-state index in [0.717, 1.165) is 66.6 Å². The zero-order valence-electron chi connectivity index (χ0n) is 18.9. The van der Waals surface area contributed by atoms with Crippen LogP contribution in [0.25, 0.3) is 22.4 Å². The Hall–Kier alpha value is -2.27. The van der Waals surface area contributed by atoms with Crippen molar-refractivity contribution in [3.8, 4) is 11.1 Å². The van der Waals surface area contributed by atoms with Crippen molar-refractivity contribution in [1.29, 1.82) is 0 Å². The largest absolute Gasteiger partial charge is 0.376 e. The SMILES string of the molecule is Cc1nc(N2CCC3(CC2)CO[C@@H](C)[C@H]3N)n2ccnc2c1-c1ccn2ccnc2c1.S.S. The zero-order valence-corrected chi connectivity index (χ0v) is 20.9. The van der Waals surface area contributed by atoms with Crippen molar-refractivity contribution >= 4 is 44.2 Å². The molecule has 8 nitrogen and oxygen atoms in total. The summed E-state index contributed by atoms with van der Waals surface area (Å²) in [5.41, 5.74) is 11.5. The predicted molar refractivity (Wildman–Crippen MR) is 140 cm³/mol. The Bertz CT molecular complexity index is 1280. The van der Waals surface area contributed by atoms with Crippen molar-refractivity contribution in [2.75, 3.05) is 24.6 Å². The van der Waals surface area contributed by atoms with E-state index < -0.39 is 0 Å². The lowest BCUT2D eigenvalue weighted by Crippen LogP contribution is -2.51. The number of aryl methyl sites for hydroxylation is 1. The molecule has 0 saturated carbocycles. The van der Waals surface area contributed by atoms with Gasteiger partial charge >= 0.3 is 0 Å². The number of fused-ring (bicyclic) bond motifs is 2. The van der Waals surface area contributed by atoms with E-state index in [2.05, 4.69) is 40.3 Å². The molecule has 4 aromatic rings. The van der Waals surface area contributed by atoms with Crippen molar-refractivity contribution in [2.45, 2.75) is 38.8 Å². The fourth-order valence-electron chi connectivity index (χ4n) is 5.32. The smallest absolute Gasteiger partial charge is 0.211 e. The summed E-state index contributed by atoms with van der Waals surface area (Å²) >= 11 is 0. The number of piperidine rings is 1. The third-order valence-corrected chi connectivity index (χ3v) is 7.28. The number of rotatable bonds is 2. The summed E-state index contributed by atoms with van der Waals surface area (Å²) in [5, 5.41) is 0. The average Bonchev–Trinajstić information content (AvgIpc) is 3.50. The minimum Gasteiger partial charge on any atom is -0.376 e. The van der Waals surface area contributed by atoms with Crippen LogP contribution in [0.15, 0.2) is 43.1 Å². The Morgan fingerprint density at radius 1 is 1.09 bits per heavy atom.